The number of ether oxygens (including phenoxy) is 1. The average Bonchev–Trinajstić information content (AvgIpc) is 3.54. The largest absolute Gasteiger partial charge is 0.481 e. The molecule has 3 fully saturated rings. The van der Waals surface area contributed by atoms with Crippen LogP contribution < -0.4 is 15.4 Å². The van der Waals surface area contributed by atoms with Crippen LogP contribution in [0.1, 0.15) is 49.0 Å². The van der Waals surface area contributed by atoms with Crippen LogP contribution in [0.15, 0.2) is 30.3 Å². The number of carbonyl (C=O) groups is 6. The molecule has 2 aromatic rings. The molecule has 3 aliphatic rings. The van der Waals surface area contributed by atoms with Crippen molar-refractivity contribution in [2.24, 2.45) is 0 Å². The molecule has 0 spiro atoms. The second-order valence-corrected chi connectivity index (χ2v) is 11.6. The molecular weight excluding hydrogens is 621 g/mol. The molecule has 2 aliphatic heterocycles. The predicted molar refractivity (Wildman–Crippen MR) is 159 cm³/mol. The molecule has 1 aromatic carbocycles. The van der Waals surface area contributed by atoms with Gasteiger partial charge in [-0.05, 0) is 50.3 Å². The van der Waals surface area contributed by atoms with Gasteiger partial charge >= 0.3 is 12.1 Å². The zero-order valence-electron chi connectivity index (χ0n) is 25.5. The van der Waals surface area contributed by atoms with Crippen molar-refractivity contribution in [2.45, 2.75) is 56.7 Å². The highest BCUT2D eigenvalue weighted by atomic mass is 19.1. The Bertz CT molecular complexity index is 1540. The SMILES string of the molecule is O=C(O)CC[C@H](NC(=O)c1cc(OCC(=O)N2CCC[C@H]2C(=O)NC2CC2)n(-c2cccc(F)c2)n1)C(=O)N1CCN(C(=O)O)CC1. The first-order valence-electron chi connectivity index (χ1n) is 15.4. The molecule has 16 nitrogen and oxygen atoms in total. The number of rotatable bonds is 12. The van der Waals surface area contributed by atoms with E-state index in [0.717, 1.165) is 28.5 Å². The molecule has 1 aromatic heterocycles. The first-order valence-corrected chi connectivity index (χ1v) is 15.4. The molecule has 5 amide bonds. The fourth-order valence-electron chi connectivity index (χ4n) is 5.55. The number of nitrogens with one attached hydrogen (secondary N) is 2. The molecule has 3 heterocycles. The fourth-order valence-corrected chi connectivity index (χ4v) is 5.55. The smallest absolute Gasteiger partial charge is 0.407 e. The summed E-state index contributed by atoms with van der Waals surface area (Å²) >= 11 is 0. The maximum Gasteiger partial charge on any atom is 0.407 e. The lowest BCUT2D eigenvalue weighted by atomic mass is 10.1. The van der Waals surface area contributed by atoms with E-state index in [9.17, 15) is 43.4 Å². The number of piperazine rings is 1. The lowest BCUT2D eigenvalue weighted by Gasteiger charge is -2.35. The Morgan fingerprint density at radius 3 is 2.36 bits per heavy atom. The fraction of sp³-hybridized carbons (Fsp3) is 0.500. The Hall–Kier alpha value is -5.22. The number of carbonyl (C=O) groups excluding carboxylic acids is 4. The Kier molecular flexibility index (Phi) is 10.2. The number of likely N-dealkylation sites (tertiary alicyclic amines) is 1. The maximum absolute atomic E-state index is 14.2. The summed E-state index contributed by atoms with van der Waals surface area (Å²) in [5.41, 5.74) is -0.0902. The number of aromatic nitrogens is 2. The van der Waals surface area contributed by atoms with Gasteiger partial charge in [0.2, 0.25) is 17.7 Å². The van der Waals surface area contributed by atoms with Gasteiger partial charge in [0.15, 0.2) is 12.3 Å². The Morgan fingerprint density at radius 1 is 0.979 bits per heavy atom. The van der Waals surface area contributed by atoms with E-state index in [2.05, 4.69) is 15.7 Å². The molecule has 1 aliphatic carbocycles. The van der Waals surface area contributed by atoms with Crippen molar-refractivity contribution >= 4 is 35.7 Å². The van der Waals surface area contributed by atoms with Crippen LogP contribution in [0.4, 0.5) is 9.18 Å². The van der Waals surface area contributed by atoms with E-state index in [0.29, 0.717) is 19.4 Å². The van der Waals surface area contributed by atoms with E-state index < -0.39 is 60.7 Å². The van der Waals surface area contributed by atoms with Crippen LogP contribution in [0.3, 0.4) is 0 Å². The third-order valence-electron chi connectivity index (χ3n) is 8.22. The molecule has 2 atom stereocenters. The molecule has 0 radical (unpaired) electrons. The third kappa shape index (κ3) is 8.33. The van der Waals surface area contributed by atoms with Crippen molar-refractivity contribution in [2.75, 3.05) is 39.3 Å². The van der Waals surface area contributed by atoms with E-state index in [1.54, 1.807) is 0 Å². The summed E-state index contributed by atoms with van der Waals surface area (Å²) in [4.78, 5) is 79.1. The zero-order valence-corrected chi connectivity index (χ0v) is 25.5. The summed E-state index contributed by atoms with van der Waals surface area (Å²) in [6, 6.07) is 4.72. The second kappa shape index (κ2) is 14.5. The number of benzene rings is 1. The van der Waals surface area contributed by atoms with Crippen molar-refractivity contribution < 1.29 is 48.1 Å². The van der Waals surface area contributed by atoms with Gasteiger partial charge in [-0.25, -0.2) is 13.9 Å². The van der Waals surface area contributed by atoms with Gasteiger partial charge in [-0.15, -0.1) is 0 Å². The minimum absolute atomic E-state index is 0.0570. The Morgan fingerprint density at radius 2 is 1.70 bits per heavy atom. The van der Waals surface area contributed by atoms with Crippen LogP contribution in [0, 0.1) is 5.82 Å². The van der Waals surface area contributed by atoms with Crippen LogP contribution in [0.2, 0.25) is 0 Å². The highest BCUT2D eigenvalue weighted by molar-refractivity contribution is 5.96. The molecule has 2 saturated heterocycles. The topological polar surface area (TPSA) is 204 Å². The summed E-state index contributed by atoms with van der Waals surface area (Å²) in [6.45, 7) is 0.106. The quantitative estimate of drug-likeness (QED) is 0.248. The number of hydrogen-bond acceptors (Lipinski definition) is 8. The molecule has 252 valence electrons. The maximum atomic E-state index is 14.2. The molecular formula is C30H36FN7O9. The monoisotopic (exact) mass is 657 g/mol. The Labute approximate surface area is 268 Å². The van der Waals surface area contributed by atoms with Gasteiger partial charge in [0.1, 0.15) is 17.9 Å². The van der Waals surface area contributed by atoms with E-state index in [4.69, 9.17) is 4.74 Å². The van der Waals surface area contributed by atoms with Crippen molar-refractivity contribution in [3.8, 4) is 11.6 Å². The second-order valence-electron chi connectivity index (χ2n) is 11.6. The van der Waals surface area contributed by atoms with Crippen LogP contribution in [0.5, 0.6) is 5.88 Å². The lowest BCUT2D eigenvalue weighted by molar-refractivity contribution is -0.140. The minimum Gasteiger partial charge on any atom is -0.481 e. The van der Waals surface area contributed by atoms with Crippen LogP contribution in [-0.4, -0.2) is 128 Å². The molecule has 4 N–H and O–H groups in total. The number of amides is 5. The molecule has 0 unspecified atom stereocenters. The summed E-state index contributed by atoms with van der Waals surface area (Å²) in [7, 11) is 0. The first-order chi connectivity index (χ1) is 22.5. The van der Waals surface area contributed by atoms with E-state index in [1.807, 2.05) is 0 Å². The molecule has 47 heavy (non-hydrogen) atoms. The van der Waals surface area contributed by atoms with Gasteiger partial charge in [-0.1, -0.05) is 6.07 Å². The van der Waals surface area contributed by atoms with Gasteiger partial charge < -0.3 is 40.3 Å². The minimum atomic E-state index is -1.27. The van der Waals surface area contributed by atoms with E-state index in [-0.39, 0.29) is 61.8 Å². The number of hydrogen-bond donors (Lipinski definition) is 4. The number of carboxylic acids is 1. The Balaban J connectivity index is 1.31. The highest BCUT2D eigenvalue weighted by Crippen LogP contribution is 2.24. The number of carboxylic acid groups (broad SMARTS) is 2. The number of nitrogens with zero attached hydrogens (tertiary/aromatic N) is 5. The number of halogens is 1. The van der Waals surface area contributed by atoms with Gasteiger partial charge in [0.05, 0.1) is 5.69 Å². The summed E-state index contributed by atoms with van der Waals surface area (Å²) < 4.78 is 21.1. The van der Waals surface area contributed by atoms with E-state index in [1.165, 1.54) is 34.1 Å². The van der Waals surface area contributed by atoms with E-state index >= 15 is 0 Å². The summed E-state index contributed by atoms with van der Waals surface area (Å²) in [5, 5.41) is 28.1. The standard InChI is InChI=1S/C30H36FN7O9/c31-18-3-1-4-20(15-18)38-25(47-17-24(39)37-10-2-5-23(37)28(43)32-19-6-7-19)16-22(34-38)27(42)33-21(8-9-26(40)41)29(44)35-11-13-36(14-12-35)30(45)46/h1,3-4,15-16,19,21,23H,2,5-14,17H2,(H,32,43)(H,33,42)(H,40,41)(H,45,46)/t21-,23-/m0/s1. The molecule has 17 heteroatoms. The lowest BCUT2D eigenvalue weighted by Crippen LogP contribution is -2.55. The third-order valence-corrected chi connectivity index (χ3v) is 8.22. The van der Waals surface area contributed by atoms with Crippen LogP contribution >= 0.6 is 0 Å². The zero-order chi connectivity index (χ0) is 33.7. The first kappa shape index (κ1) is 33.2. The van der Waals surface area contributed by atoms with Gasteiger partial charge in [0.25, 0.3) is 11.8 Å². The van der Waals surface area contributed by atoms with Crippen molar-refractivity contribution in [3.05, 3.63) is 41.8 Å². The van der Waals surface area contributed by atoms with Crippen molar-refractivity contribution in [3.63, 3.8) is 0 Å². The highest BCUT2D eigenvalue weighted by Gasteiger charge is 2.37. The van der Waals surface area contributed by atoms with Crippen LogP contribution in [-0.2, 0) is 19.2 Å². The predicted octanol–water partition coefficient (Wildman–Crippen LogP) is 0.445. The molecule has 0 bridgehead atoms. The van der Waals surface area contributed by atoms with Crippen LogP contribution in [0.25, 0.3) is 5.69 Å². The van der Waals surface area contributed by atoms with Crippen molar-refractivity contribution in [1.29, 1.82) is 0 Å². The molecule has 1 saturated carbocycles. The van der Waals surface area contributed by atoms with Crippen molar-refractivity contribution in [1.82, 2.24) is 35.1 Å². The number of aliphatic carboxylic acids is 1. The van der Waals surface area contributed by atoms with Gasteiger partial charge in [-0.3, -0.25) is 24.0 Å². The summed E-state index contributed by atoms with van der Waals surface area (Å²) in [5.74, 6) is -3.99. The normalized spacial score (nSPS) is 18.4. The summed E-state index contributed by atoms with van der Waals surface area (Å²) in [6.07, 6.45) is 1.19. The van der Waals surface area contributed by atoms with Gasteiger partial charge in [-0.2, -0.15) is 5.10 Å². The average molecular weight is 658 g/mol. The van der Waals surface area contributed by atoms with Gasteiger partial charge in [0, 0.05) is 51.3 Å². The molecule has 5 rings (SSSR count).